The second kappa shape index (κ2) is 8.33. The third-order valence-electron chi connectivity index (χ3n) is 6.34. The van der Waals surface area contributed by atoms with E-state index in [9.17, 15) is 8.42 Å². The number of sulfonamides is 1. The molecule has 3 heterocycles. The van der Waals surface area contributed by atoms with Crippen LogP contribution in [0.4, 0.5) is 11.4 Å². The fourth-order valence-electron chi connectivity index (χ4n) is 4.83. The average molecular weight is 444 g/mol. The Labute approximate surface area is 184 Å². The molecule has 3 aliphatic rings. The summed E-state index contributed by atoms with van der Waals surface area (Å²) in [5.74, 6) is 0.870. The Morgan fingerprint density at radius 2 is 1.81 bits per heavy atom. The molecule has 2 aromatic rings. The first kappa shape index (κ1) is 20.6. The number of anilines is 2. The lowest BCUT2D eigenvalue weighted by Gasteiger charge is -2.28. The Hall–Kier alpha value is -2.29. The van der Waals surface area contributed by atoms with Crippen molar-refractivity contribution >= 4 is 21.4 Å². The maximum atomic E-state index is 13.2. The Morgan fingerprint density at radius 1 is 1.03 bits per heavy atom. The molecule has 3 aliphatic heterocycles. The van der Waals surface area contributed by atoms with Crippen LogP contribution in [0, 0.1) is 0 Å². The molecule has 2 saturated heterocycles. The van der Waals surface area contributed by atoms with Gasteiger partial charge in [0.1, 0.15) is 11.9 Å². The van der Waals surface area contributed by atoms with Gasteiger partial charge in [0.15, 0.2) is 0 Å². The van der Waals surface area contributed by atoms with Crippen LogP contribution in [-0.2, 0) is 21.3 Å². The number of hydrogen-bond donors (Lipinski definition) is 0. The summed E-state index contributed by atoms with van der Waals surface area (Å²) in [5, 5.41) is 0. The summed E-state index contributed by atoms with van der Waals surface area (Å²) >= 11 is 0. The zero-order valence-electron chi connectivity index (χ0n) is 17.9. The largest absolute Gasteiger partial charge is 0.494 e. The minimum atomic E-state index is -3.52. The van der Waals surface area contributed by atoms with Crippen molar-refractivity contribution in [3.05, 3.63) is 48.0 Å². The molecule has 0 saturated carbocycles. The number of hydrogen-bond acceptors (Lipinski definition) is 6. The molecular weight excluding hydrogens is 414 g/mol. The van der Waals surface area contributed by atoms with Crippen LogP contribution in [0.2, 0.25) is 0 Å². The van der Waals surface area contributed by atoms with E-state index in [4.69, 9.17) is 9.47 Å². The molecule has 0 aliphatic carbocycles. The van der Waals surface area contributed by atoms with Crippen molar-refractivity contribution < 1.29 is 17.9 Å². The van der Waals surface area contributed by atoms with E-state index in [2.05, 4.69) is 21.9 Å². The van der Waals surface area contributed by atoms with Crippen LogP contribution in [0.25, 0.3) is 0 Å². The van der Waals surface area contributed by atoms with Crippen LogP contribution < -0.4 is 14.5 Å². The minimum Gasteiger partial charge on any atom is -0.494 e. The Kier molecular flexibility index (Phi) is 5.54. The number of rotatable bonds is 6. The van der Waals surface area contributed by atoms with Crippen LogP contribution in [0.1, 0.15) is 25.3 Å². The second-order valence-corrected chi connectivity index (χ2v) is 10.1. The molecule has 0 aromatic heterocycles. The summed E-state index contributed by atoms with van der Waals surface area (Å²) < 4.78 is 38.9. The second-order valence-electron chi connectivity index (χ2n) is 8.19. The highest BCUT2D eigenvalue weighted by Crippen LogP contribution is 2.45. The fourth-order valence-corrected chi connectivity index (χ4v) is 6.26. The number of fused-ring (bicyclic) bond motifs is 3. The molecule has 8 heteroatoms. The van der Waals surface area contributed by atoms with Crippen LogP contribution in [0.15, 0.2) is 47.4 Å². The highest BCUT2D eigenvalue weighted by molar-refractivity contribution is 7.89. The van der Waals surface area contributed by atoms with Crippen molar-refractivity contribution in [3.63, 3.8) is 0 Å². The highest BCUT2D eigenvalue weighted by Gasteiger charge is 2.40. The van der Waals surface area contributed by atoms with Crippen molar-refractivity contribution in [1.29, 1.82) is 0 Å². The van der Waals surface area contributed by atoms with Crippen molar-refractivity contribution in [1.82, 2.24) is 4.31 Å². The van der Waals surface area contributed by atoms with Crippen LogP contribution in [0.3, 0.4) is 0 Å². The third kappa shape index (κ3) is 3.77. The maximum Gasteiger partial charge on any atom is 0.243 e. The lowest BCUT2D eigenvalue weighted by Crippen LogP contribution is -2.40. The highest BCUT2D eigenvalue weighted by atomic mass is 32.2. The van der Waals surface area contributed by atoms with Gasteiger partial charge in [-0.25, -0.2) is 8.42 Å². The summed E-state index contributed by atoms with van der Waals surface area (Å²) in [5.41, 5.74) is 3.33. The van der Waals surface area contributed by atoms with E-state index in [-0.39, 0.29) is 6.17 Å². The molecule has 0 amide bonds. The predicted octanol–water partition coefficient (Wildman–Crippen LogP) is 3.05. The summed E-state index contributed by atoms with van der Waals surface area (Å²) in [6.07, 6.45) is 2.51. The summed E-state index contributed by atoms with van der Waals surface area (Å²) in [7, 11) is -3.52. The molecule has 2 aromatic carbocycles. The van der Waals surface area contributed by atoms with Gasteiger partial charge in [-0.2, -0.15) is 4.31 Å². The molecule has 31 heavy (non-hydrogen) atoms. The van der Waals surface area contributed by atoms with E-state index in [1.807, 2.05) is 31.2 Å². The predicted molar refractivity (Wildman–Crippen MR) is 120 cm³/mol. The molecule has 1 atom stereocenters. The molecule has 0 bridgehead atoms. The smallest absolute Gasteiger partial charge is 0.243 e. The number of benzene rings is 2. The topological polar surface area (TPSA) is 62.3 Å². The van der Waals surface area contributed by atoms with Gasteiger partial charge in [-0.05, 0) is 55.7 Å². The van der Waals surface area contributed by atoms with Crippen molar-refractivity contribution in [2.24, 2.45) is 0 Å². The zero-order valence-corrected chi connectivity index (χ0v) is 18.7. The van der Waals surface area contributed by atoms with E-state index >= 15 is 0 Å². The SMILES string of the molecule is CCOc1ccc(CN2c3cc(S(=O)(=O)N4CCOCC4)ccc3N3CCCC32)cc1. The van der Waals surface area contributed by atoms with E-state index in [0.717, 1.165) is 43.1 Å². The zero-order chi connectivity index (χ0) is 21.4. The van der Waals surface area contributed by atoms with E-state index in [1.54, 1.807) is 6.07 Å². The first-order valence-electron chi connectivity index (χ1n) is 11.0. The van der Waals surface area contributed by atoms with Gasteiger partial charge in [-0.1, -0.05) is 12.1 Å². The molecule has 0 radical (unpaired) electrons. The Morgan fingerprint density at radius 3 is 2.55 bits per heavy atom. The number of ether oxygens (including phenoxy) is 2. The van der Waals surface area contributed by atoms with Gasteiger partial charge >= 0.3 is 0 Å². The average Bonchev–Trinajstić information content (AvgIpc) is 3.38. The minimum absolute atomic E-state index is 0.280. The summed E-state index contributed by atoms with van der Waals surface area (Å²) in [6, 6.07) is 13.8. The van der Waals surface area contributed by atoms with Gasteiger partial charge in [0.25, 0.3) is 0 Å². The van der Waals surface area contributed by atoms with Crippen LogP contribution >= 0.6 is 0 Å². The molecule has 1 unspecified atom stereocenters. The molecule has 0 N–H and O–H groups in total. The molecule has 166 valence electrons. The van der Waals surface area contributed by atoms with Gasteiger partial charge in [-0.15, -0.1) is 0 Å². The Balaban J connectivity index is 1.46. The monoisotopic (exact) mass is 443 g/mol. The molecule has 2 fully saturated rings. The fraction of sp³-hybridized carbons (Fsp3) is 0.478. The van der Waals surface area contributed by atoms with Gasteiger partial charge in [-0.3, -0.25) is 0 Å². The van der Waals surface area contributed by atoms with Gasteiger partial charge in [0.05, 0.1) is 36.1 Å². The van der Waals surface area contributed by atoms with E-state index in [1.165, 1.54) is 9.87 Å². The van der Waals surface area contributed by atoms with Crippen molar-refractivity contribution in [2.75, 3.05) is 49.3 Å². The maximum absolute atomic E-state index is 13.2. The summed E-state index contributed by atoms with van der Waals surface area (Å²) in [4.78, 5) is 5.14. The number of morpholine rings is 1. The number of nitrogens with zero attached hydrogens (tertiary/aromatic N) is 3. The lowest BCUT2D eigenvalue weighted by atomic mass is 10.1. The van der Waals surface area contributed by atoms with Crippen molar-refractivity contribution in [3.8, 4) is 5.75 Å². The van der Waals surface area contributed by atoms with E-state index < -0.39 is 10.0 Å². The lowest BCUT2D eigenvalue weighted by molar-refractivity contribution is 0.0730. The molecular formula is C23H29N3O4S. The van der Waals surface area contributed by atoms with Crippen LogP contribution in [-0.4, -0.2) is 58.3 Å². The molecule has 7 nitrogen and oxygen atoms in total. The quantitative estimate of drug-likeness (QED) is 0.684. The van der Waals surface area contributed by atoms with Gasteiger partial charge < -0.3 is 19.3 Å². The van der Waals surface area contributed by atoms with Crippen molar-refractivity contribution in [2.45, 2.75) is 37.4 Å². The first-order valence-corrected chi connectivity index (χ1v) is 12.5. The van der Waals surface area contributed by atoms with Gasteiger partial charge in [0, 0.05) is 26.2 Å². The summed E-state index contributed by atoms with van der Waals surface area (Å²) in [6.45, 7) is 6.08. The molecule has 0 spiro atoms. The standard InChI is InChI=1S/C23H29N3O4S/c1-2-30-19-7-5-18(6-8-19)17-26-22-16-20(31(27,28)24-12-14-29-15-13-24)9-10-21(22)25-11-3-4-23(25)26/h5-10,16,23H,2-4,11-15,17H2,1H3. The van der Waals surface area contributed by atoms with Gasteiger partial charge in [0.2, 0.25) is 10.0 Å². The Bertz CT molecular complexity index is 1040. The third-order valence-corrected chi connectivity index (χ3v) is 8.24. The normalized spacial score (nSPS) is 21.3. The van der Waals surface area contributed by atoms with Crippen LogP contribution in [0.5, 0.6) is 5.75 Å². The molecule has 5 rings (SSSR count). The first-order chi connectivity index (χ1) is 15.1. The van der Waals surface area contributed by atoms with E-state index in [0.29, 0.717) is 37.8 Å².